The molecule has 10 heteroatoms. The van der Waals surface area contributed by atoms with Gasteiger partial charge in [0.15, 0.2) is 0 Å². The smallest absolute Gasteiger partial charge is 0.370 e. The van der Waals surface area contributed by atoms with Gasteiger partial charge in [0.25, 0.3) is 0 Å². The van der Waals surface area contributed by atoms with Gasteiger partial charge in [0, 0.05) is 12.7 Å². The molecule has 3 rings (SSSR count). The van der Waals surface area contributed by atoms with Gasteiger partial charge in [-0.3, -0.25) is 4.68 Å². The maximum Gasteiger partial charge on any atom is 0.421 e. The molecule has 0 amide bonds. The van der Waals surface area contributed by atoms with Gasteiger partial charge in [-0.2, -0.15) is 23.3 Å². The molecule has 142 valence electrons. The maximum atomic E-state index is 13.0. The van der Waals surface area contributed by atoms with Crippen molar-refractivity contribution in [1.82, 2.24) is 25.1 Å². The van der Waals surface area contributed by atoms with Gasteiger partial charge >= 0.3 is 6.18 Å². The van der Waals surface area contributed by atoms with Gasteiger partial charge in [-0.25, -0.2) is 4.98 Å². The number of alkyl halides is 3. The van der Waals surface area contributed by atoms with Gasteiger partial charge in [0.2, 0.25) is 5.95 Å². The van der Waals surface area contributed by atoms with E-state index in [1.165, 1.54) is 0 Å². The van der Waals surface area contributed by atoms with Crippen LogP contribution in [0.1, 0.15) is 37.1 Å². The maximum absolute atomic E-state index is 13.0. The van der Waals surface area contributed by atoms with E-state index >= 15 is 0 Å². The fraction of sp³-hybridized carbons (Fsp3) is 0.562. The number of nitrogens with zero attached hydrogens (tertiary/aromatic N) is 4. The molecule has 0 unspecified atom stereocenters. The lowest BCUT2D eigenvalue weighted by molar-refractivity contribution is -0.137. The lowest BCUT2D eigenvalue weighted by atomic mass is 10.1. The van der Waals surface area contributed by atoms with Crippen LogP contribution in [-0.4, -0.2) is 39.4 Å². The first kappa shape index (κ1) is 18.4. The number of piperidine rings is 1. The van der Waals surface area contributed by atoms with Crippen molar-refractivity contribution in [3.63, 3.8) is 0 Å². The highest BCUT2D eigenvalue weighted by molar-refractivity contribution is 5.58. The summed E-state index contributed by atoms with van der Waals surface area (Å²) in [6.45, 7) is 5.85. The summed E-state index contributed by atoms with van der Waals surface area (Å²) in [4.78, 5) is 7.80. The summed E-state index contributed by atoms with van der Waals surface area (Å²) in [6, 6.07) is 0.317. The molecule has 1 fully saturated rings. The standard InChI is InChI=1S/C16H22F3N7/c1-3-21-14-12(16(17,18)19)8-22-15(25-14)24-13-9-23-26(10(13)2)11-4-6-20-7-5-11/h8-9,11,20H,3-7H2,1-2H3,(H2,21,22,24,25). The average Bonchev–Trinajstić information content (AvgIpc) is 2.96. The van der Waals surface area contributed by atoms with Crippen LogP contribution in [0, 0.1) is 6.92 Å². The second-order valence-corrected chi connectivity index (χ2v) is 6.18. The summed E-state index contributed by atoms with van der Waals surface area (Å²) in [5.74, 6) is -0.136. The fourth-order valence-corrected chi connectivity index (χ4v) is 3.04. The van der Waals surface area contributed by atoms with Crippen LogP contribution in [0.25, 0.3) is 0 Å². The highest BCUT2D eigenvalue weighted by Gasteiger charge is 2.35. The fourth-order valence-electron chi connectivity index (χ4n) is 3.04. The summed E-state index contributed by atoms with van der Waals surface area (Å²) in [5.41, 5.74) is 0.711. The van der Waals surface area contributed by atoms with Crippen LogP contribution in [0.4, 0.5) is 30.6 Å². The van der Waals surface area contributed by atoms with E-state index in [0.29, 0.717) is 18.3 Å². The number of hydrogen-bond donors (Lipinski definition) is 3. The molecule has 7 nitrogen and oxygen atoms in total. The van der Waals surface area contributed by atoms with Gasteiger partial charge in [0.1, 0.15) is 11.4 Å². The van der Waals surface area contributed by atoms with Gasteiger partial charge in [-0.05, 0) is 39.8 Å². The molecule has 2 aromatic heterocycles. The first-order valence-electron chi connectivity index (χ1n) is 8.60. The van der Waals surface area contributed by atoms with Gasteiger partial charge in [0.05, 0.1) is 23.6 Å². The molecule has 3 N–H and O–H groups in total. The molecule has 0 atom stereocenters. The molecule has 1 aliphatic rings. The Balaban J connectivity index is 1.83. The minimum Gasteiger partial charge on any atom is -0.370 e. The molecule has 0 aromatic carbocycles. The quantitative estimate of drug-likeness (QED) is 0.752. The third-order valence-electron chi connectivity index (χ3n) is 4.38. The van der Waals surface area contributed by atoms with Crippen molar-refractivity contribution in [3.8, 4) is 0 Å². The van der Waals surface area contributed by atoms with Crippen LogP contribution >= 0.6 is 0 Å². The van der Waals surface area contributed by atoms with E-state index in [0.717, 1.165) is 37.8 Å². The van der Waals surface area contributed by atoms with E-state index < -0.39 is 11.7 Å². The molecular weight excluding hydrogens is 347 g/mol. The molecule has 0 spiro atoms. The Bertz CT molecular complexity index is 751. The summed E-state index contributed by atoms with van der Waals surface area (Å²) in [7, 11) is 0. The van der Waals surface area contributed by atoms with Crippen LogP contribution < -0.4 is 16.0 Å². The SMILES string of the molecule is CCNc1nc(Nc2cnn(C3CCNCC3)c2C)ncc1C(F)(F)F. The van der Waals surface area contributed by atoms with Crippen LogP contribution in [0.5, 0.6) is 0 Å². The number of hydrogen-bond acceptors (Lipinski definition) is 6. The zero-order valence-corrected chi connectivity index (χ0v) is 14.7. The first-order valence-corrected chi connectivity index (χ1v) is 8.60. The minimum absolute atomic E-state index is 0.0990. The van der Waals surface area contributed by atoms with E-state index in [-0.39, 0.29) is 11.8 Å². The Morgan fingerprint density at radius 1 is 1.27 bits per heavy atom. The topological polar surface area (TPSA) is 79.7 Å². The van der Waals surface area contributed by atoms with Crippen molar-refractivity contribution < 1.29 is 13.2 Å². The normalized spacial score (nSPS) is 15.9. The number of rotatable bonds is 5. The van der Waals surface area contributed by atoms with Crippen LogP contribution in [0.15, 0.2) is 12.4 Å². The Kier molecular flexibility index (Phi) is 5.30. The monoisotopic (exact) mass is 369 g/mol. The largest absolute Gasteiger partial charge is 0.421 e. The Morgan fingerprint density at radius 3 is 2.65 bits per heavy atom. The first-order chi connectivity index (χ1) is 12.4. The molecule has 0 radical (unpaired) electrons. The van der Waals surface area contributed by atoms with Crippen LogP contribution in [0.2, 0.25) is 0 Å². The zero-order chi connectivity index (χ0) is 18.7. The summed E-state index contributed by atoms with van der Waals surface area (Å²) < 4.78 is 41.1. The van der Waals surface area contributed by atoms with Crippen LogP contribution in [0.3, 0.4) is 0 Å². The third kappa shape index (κ3) is 3.90. The van der Waals surface area contributed by atoms with Crippen LogP contribution in [-0.2, 0) is 6.18 Å². The average molecular weight is 369 g/mol. The zero-order valence-electron chi connectivity index (χ0n) is 14.7. The second-order valence-electron chi connectivity index (χ2n) is 6.18. The summed E-state index contributed by atoms with van der Waals surface area (Å²) in [6.07, 6.45) is -0.0797. The highest BCUT2D eigenvalue weighted by Crippen LogP contribution is 2.34. The van der Waals surface area contributed by atoms with Crippen molar-refractivity contribution >= 4 is 17.5 Å². The predicted molar refractivity (Wildman–Crippen MR) is 92.6 cm³/mol. The van der Waals surface area contributed by atoms with Crippen molar-refractivity contribution in [2.24, 2.45) is 0 Å². The molecule has 1 aliphatic heterocycles. The molecule has 2 aromatic rings. The lowest BCUT2D eigenvalue weighted by Crippen LogP contribution is -2.30. The van der Waals surface area contributed by atoms with Crippen molar-refractivity contribution in [2.75, 3.05) is 30.3 Å². The van der Waals surface area contributed by atoms with E-state index in [2.05, 4.69) is 31.0 Å². The van der Waals surface area contributed by atoms with Gasteiger partial charge in [-0.1, -0.05) is 0 Å². The van der Waals surface area contributed by atoms with E-state index in [1.54, 1.807) is 13.1 Å². The Morgan fingerprint density at radius 2 is 2.00 bits per heavy atom. The highest BCUT2D eigenvalue weighted by atomic mass is 19.4. The molecule has 0 bridgehead atoms. The molecular formula is C16H22F3N7. The number of nitrogens with one attached hydrogen (secondary N) is 3. The molecule has 3 heterocycles. The number of anilines is 3. The predicted octanol–water partition coefficient (Wildman–Crippen LogP) is 3.10. The van der Waals surface area contributed by atoms with Crippen molar-refractivity contribution in [1.29, 1.82) is 0 Å². The van der Waals surface area contributed by atoms with Gasteiger partial charge < -0.3 is 16.0 Å². The Labute approximate surface area is 149 Å². The van der Waals surface area contributed by atoms with Crippen molar-refractivity contribution in [2.45, 2.75) is 38.9 Å². The molecule has 0 aliphatic carbocycles. The van der Waals surface area contributed by atoms with Gasteiger partial charge in [-0.15, -0.1) is 0 Å². The lowest BCUT2D eigenvalue weighted by Gasteiger charge is -2.24. The molecule has 0 saturated carbocycles. The summed E-state index contributed by atoms with van der Waals surface area (Å²) in [5, 5.41) is 13.4. The summed E-state index contributed by atoms with van der Waals surface area (Å²) >= 11 is 0. The minimum atomic E-state index is -4.51. The van der Waals surface area contributed by atoms with Crippen molar-refractivity contribution in [3.05, 3.63) is 23.7 Å². The van der Waals surface area contributed by atoms with E-state index in [9.17, 15) is 13.2 Å². The third-order valence-corrected chi connectivity index (χ3v) is 4.38. The van der Waals surface area contributed by atoms with E-state index in [1.807, 2.05) is 11.6 Å². The second kappa shape index (κ2) is 7.48. The molecule has 1 saturated heterocycles. The number of aromatic nitrogens is 4. The number of halogens is 3. The van der Waals surface area contributed by atoms with E-state index in [4.69, 9.17) is 0 Å². The Hall–Kier alpha value is -2.36. The molecule has 26 heavy (non-hydrogen) atoms.